The van der Waals surface area contributed by atoms with Crippen LogP contribution in [-0.4, -0.2) is 5.91 Å². The molecule has 0 spiro atoms. The minimum absolute atomic E-state index is 0.0127. The Kier molecular flexibility index (Phi) is 2.23. The minimum atomic E-state index is -0.279. The highest BCUT2D eigenvalue weighted by molar-refractivity contribution is 5.94. The van der Waals surface area contributed by atoms with E-state index in [1.807, 2.05) is 0 Å². The Hall–Kier alpha value is -1.38. The summed E-state index contributed by atoms with van der Waals surface area (Å²) >= 11 is 0. The summed E-state index contributed by atoms with van der Waals surface area (Å²) in [5, 5.41) is 2.73. The van der Waals surface area contributed by atoms with E-state index in [0.29, 0.717) is 11.3 Å². The van der Waals surface area contributed by atoms with E-state index in [-0.39, 0.29) is 17.6 Å². The molecular weight excluding hydrogens is 181 g/mol. The Bertz CT molecular complexity index is 372. The van der Waals surface area contributed by atoms with Crippen LogP contribution in [0, 0.1) is 18.7 Å². The van der Waals surface area contributed by atoms with Crippen LogP contribution in [0.2, 0.25) is 0 Å². The van der Waals surface area contributed by atoms with Crippen LogP contribution in [0.1, 0.15) is 18.4 Å². The molecule has 0 saturated heterocycles. The van der Waals surface area contributed by atoms with Gasteiger partial charge in [-0.3, -0.25) is 4.79 Å². The van der Waals surface area contributed by atoms with Crippen molar-refractivity contribution in [3.05, 3.63) is 29.6 Å². The molecule has 1 aromatic carbocycles. The molecule has 0 aromatic heterocycles. The Morgan fingerprint density at radius 3 is 2.86 bits per heavy atom. The van der Waals surface area contributed by atoms with Crippen molar-refractivity contribution in [1.29, 1.82) is 0 Å². The van der Waals surface area contributed by atoms with Crippen molar-refractivity contribution in [2.45, 2.75) is 19.8 Å². The van der Waals surface area contributed by atoms with Gasteiger partial charge in [0.25, 0.3) is 0 Å². The van der Waals surface area contributed by atoms with Crippen LogP contribution in [0.4, 0.5) is 10.1 Å². The molecule has 74 valence electrons. The molecule has 1 fully saturated rings. The Balaban J connectivity index is 2.15. The molecular formula is C11H12FNO. The van der Waals surface area contributed by atoms with Gasteiger partial charge in [0, 0.05) is 17.2 Å². The lowest BCUT2D eigenvalue weighted by Gasteiger charge is -2.07. The SMILES string of the molecule is Cc1c(F)cccc1NC(=O)C1CC1. The number of hydrogen-bond acceptors (Lipinski definition) is 1. The first-order chi connectivity index (χ1) is 6.68. The fourth-order valence-electron chi connectivity index (χ4n) is 1.32. The topological polar surface area (TPSA) is 29.1 Å². The lowest BCUT2D eigenvalue weighted by atomic mass is 10.2. The quantitative estimate of drug-likeness (QED) is 0.768. The number of halogens is 1. The van der Waals surface area contributed by atoms with Gasteiger partial charge in [-0.05, 0) is 31.9 Å². The van der Waals surface area contributed by atoms with E-state index in [2.05, 4.69) is 5.32 Å². The summed E-state index contributed by atoms with van der Waals surface area (Å²) in [6.07, 6.45) is 1.92. The third kappa shape index (κ3) is 1.76. The Morgan fingerprint density at radius 1 is 1.50 bits per heavy atom. The van der Waals surface area contributed by atoms with E-state index in [1.165, 1.54) is 6.07 Å². The van der Waals surface area contributed by atoms with Crippen LogP contribution < -0.4 is 5.32 Å². The van der Waals surface area contributed by atoms with Crippen molar-refractivity contribution >= 4 is 11.6 Å². The van der Waals surface area contributed by atoms with Gasteiger partial charge in [0.2, 0.25) is 5.91 Å². The molecule has 0 heterocycles. The summed E-state index contributed by atoms with van der Waals surface area (Å²) in [5.74, 6) is -0.116. The zero-order chi connectivity index (χ0) is 10.1. The van der Waals surface area contributed by atoms with Gasteiger partial charge in [-0.1, -0.05) is 6.07 Å². The molecule has 1 aliphatic rings. The van der Waals surface area contributed by atoms with Crippen molar-refractivity contribution in [1.82, 2.24) is 0 Å². The molecule has 2 nitrogen and oxygen atoms in total. The number of carbonyl (C=O) groups excluding carboxylic acids is 1. The third-order valence-corrected chi connectivity index (χ3v) is 2.47. The highest BCUT2D eigenvalue weighted by atomic mass is 19.1. The fourth-order valence-corrected chi connectivity index (χ4v) is 1.32. The molecule has 0 unspecified atom stereocenters. The fraction of sp³-hybridized carbons (Fsp3) is 0.364. The number of anilines is 1. The molecule has 0 radical (unpaired) electrons. The second-order valence-corrected chi connectivity index (χ2v) is 3.68. The maximum absolute atomic E-state index is 13.1. The maximum Gasteiger partial charge on any atom is 0.227 e. The number of rotatable bonds is 2. The van der Waals surface area contributed by atoms with Crippen LogP contribution in [0.5, 0.6) is 0 Å². The highest BCUT2D eigenvalue weighted by Crippen LogP contribution is 2.30. The molecule has 1 aromatic rings. The molecule has 2 rings (SSSR count). The minimum Gasteiger partial charge on any atom is -0.326 e. The molecule has 14 heavy (non-hydrogen) atoms. The monoisotopic (exact) mass is 193 g/mol. The molecule has 0 aliphatic heterocycles. The van der Waals surface area contributed by atoms with Gasteiger partial charge in [0.1, 0.15) is 5.82 Å². The van der Waals surface area contributed by atoms with Gasteiger partial charge in [0.05, 0.1) is 0 Å². The molecule has 1 aliphatic carbocycles. The van der Waals surface area contributed by atoms with Gasteiger partial charge in [-0.2, -0.15) is 0 Å². The average molecular weight is 193 g/mol. The zero-order valence-electron chi connectivity index (χ0n) is 8.01. The van der Waals surface area contributed by atoms with Crippen LogP contribution in [0.3, 0.4) is 0 Å². The smallest absolute Gasteiger partial charge is 0.227 e. The molecule has 3 heteroatoms. The summed E-state index contributed by atoms with van der Waals surface area (Å²) in [6.45, 7) is 1.66. The lowest BCUT2D eigenvalue weighted by molar-refractivity contribution is -0.117. The van der Waals surface area contributed by atoms with E-state index in [1.54, 1.807) is 19.1 Å². The summed E-state index contributed by atoms with van der Waals surface area (Å²) in [4.78, 5) is 11.4. The summed E-state index contributed by atoms with van der Waals surface area (Å²) in [7, 11) is 0. The largest absolute Gasteiger partial charge is 0.326 e. The van der Waals surface area contributed by atoms with E-state index < -0.39 is 0 Å². The van der Waals surface area contributed by atoms with Crippen LogP contribution in [0.25, 0.3) is 0 Å². The van der Waals surface area contributed by atoms with Gasteiger partial charge in [-0.25, -0.2) is 4.39 Å². The van der Waals surface area contributed by atoms with E-state index in [9.17, 15) is 9.18 Å². The summed E-state index contributed by atoms with van der Waals surface area (Å²) in [5.41, 5.74) is 1.09. The Labute approximate surface area is 82.1 Å². The van der Waals surface area contributed by atoms with Crippen molar-refractivity contribution < 1.29 is 9.18 Å². The van der Waals surface area contributed by atoms with Crippen molar-refractivity contribution in [2.75, 3.05) is 5.32 Å². The molecule has 1 saturated carbocycles. The van der Waals surface area contributed by atoms with E-state index in [4.69, 9.17) is 0 Å². The number of carbonyl (C=O) groups is 1. The summed E-state index contributed by atoms with van der Waals surface area (Å²) < 4.78 is 13.1. The first-order valence-corrected chi connectivity index (χ1v) is 4.74. The van der Waals surface area contributed by atoms with Gasteiger partial charge in [-0.15, -0.1) is 0 Å². The first kappa shape index (κ1) is 9.19. The second kappa shape index (κ2) is 3.40. The average Bonchev–Trinajstić information content (AvgIpc) is 2.95. The lowest BCUT2D eigenvalue weighted by Crippen LogP contribution is -2.14. The zero-order valence-corrected chi connectivity index (χ0v) is 8.01. The van der Waals surface area contributed by atoms with Crippen LogP contribution in [-0.2, 0) is 4.79 Å². The third-order valence-electron chi connectivity index (χ3n) is 2.47. The van der Waals surface area contributed by atoms with Crippen molar-refractivity contribution in [3.8, 4) is 0 Å². The predicted molar refractivity (Wildman–Crippen MR) is 52.5 cm³/mol. The molecule has 0 bridgehead atoms. The number of nitrogens with one attached hydrogen (secondary N) is 1. The standard InChI is InChI=1S/C11H12FNO/c1-7-9(12)3-2-4-10(7)13-11(14)8-5-6-8/h2-4,8H,5-6H2,1H3,(H,13,14). The van der Waals surface area contributed by atoms with Gasteiger partial charge in [0.15, 0.2) is 0 Å². The van der Waals surface area contributed by atoms with Crippen LogP contribution >= 0.6 is 0 Å². The van der Waals surface area contributed by atoms with Gasteiger partial charge >= 0.3 is 0 Å². The van der Waals surface area contributed by atoms with E-state index >= 15 is 0 Å². The molecule has 1 N–H and O–H groups in total. The van der Waals surface area contributed by atoms with Crippen molar-refractivity contribution in [2.24, 2.45) is 5.92 Å². The summed E-state index contributed by atoms with van der Waals surface area (Å²) in [6, 6.07) is 4.71. The second-order valence-electron chi connectivity index (χ2n) is 3.68. The van der Waals surface area contributed by atoms with E-state index in [0.717, 1.165) is 12.8 Å². The van der Waals surface area contributed by atoms with Crippen molar-refractivity contribution in [3.63, 3.8) is 0 Å². The molecule has 1 amide bonds. The number of amides is 1. The predicted octanol–water partition coefficient (Wildman–Crippen LogP) is 2.48. The van der Waals surface area contributed by atoms with Gasteiger partial charge < -0.3 is 5.32 Å². The molecule has 0 atom stereocenters. The number of benzene rings is 1. The number of hydrogen-bond donors (Lipinski definition) is 1. The Morgan fingerprint density at radius 2 is 2.21 bits per heavy atom. The highest BCUT2D eigenvalue weighted by Gasteiger charge is 2.29. The first-order valence-electron chi connectivity index (χ1n) is 4.74. The normalized spacial score (nSPS) is 15.3. The maximum atomic E-state index is 13.1. The van der Waals surface area contributed by atoms with Crippen LogP contribution in [0.15, 0.2) is 18.2 Å².